The van der Waals surface area contributed by atoms with Crippen molar-refractivity contribution in [3.8, 4) is 0 Å². The second-order valence-corrected chi connectivity index (χ2v) is 6.17. The summed E-state index contributed by atoms with van der Waals surface area (Å²) < 4.78 is 17.2. The van der Waals surface area contributed by atoms with Crippen LogP contribution >= 0.6 is 11.6 Å². The first kappa shape index (κ1) is 13.2. The summed E-state index contributed by atoms with van der Waals surface area (Å²) in [5.74, 6) is 1.42. The predicted molar refractivity (Wildman–Crippen MR) is 70.7 cm³/mol. The van der Waals surface area contributed by atoms with Crippen molar-refractivity contribution in [3.63, 3.8) is 0 Å². The van der Waals surface area contributed by atoms with E-state index in [2.05, 4.69) is 10.1 Å². The Morgan fingerprint density at radius 1 is 1.39 bits per heavy atom. The first-order valence-corrected chi connectivity index (χ1v) is 7.24. The summed E-state index contributed by atoms with van der Waals surface area (Å²) in [5, 5.41) is 4.10. The number of hydrogen-bond acceptors (Lipinski definition) is 4. The second-order valence-electron chi connectivity index (χ2n) is 3.97. The Morgan fingerprint density at radius 2 is 2.06 bits per heavy atom. The molecule has 1 heterocycles. The third-order valence-corrected chi connectivity index (χ3v) is 4.37. The molecule has 0 amide bonds. The van der Waals surface area contributed by atoms with Gasteiger partial charge in [-0.3, -0.25) is 4.21 Å². The Bertz CT molecular complexity index is 553. The lowest BCUT2D eigenvalue weighted by Gasteiger charge is -2.07. The van der Waals surface area contributed by atoms with Crippen LogP contribution < -0.4 is 0 Å². The fourth-order valence-corrected chi connectivity index (χ4v) is 2.68. The van der Waals surface area contributed by atoms with E-state index < -0.39 is 10.8 Å². The van der Waals surface area contributed by atoms with Crippen LogP contribution in [-0.4, -0.2) is 14.3 Å². The highest BCUT2D eigenvalue weighted by Gasteiger charge is 2.19. The first-order valence-electron chi connectivity index (χ1n) is 5.48. The zero-order valence-electron chi connectivity index (χ0n) is 10.1. The normalized spacial score (nSPS) is 14.4. The van der Waals surface area contributed by atoms with Crippen LogP contribution in [0.4, 0.5) is 0 Å². The number of hydrogen-bond donors (Lipinski definition) is 0. The Hall–Kier alpha value is -1.20. The van der Waals surface area contributed by atoms with Gasteiger partial charge in [-0.2, -0.15) is 4.98 Å². The molecule has 0 saturated heterocycles. The van der Waals surface area contributed by atoms with Crippen molar-refractivity contribution in [2.75, 3.05) is 0 Å². The maximum Gasteiger partial charge on any atom is 0.242 e. The Morgan fingerprint density at radius 3 is 2.61 bits per heavy atom. The van der Waals surface area contributed by atoms with Crippen LogP contribution in [0.15, 0.2) is 28.8 Å². The average molecular weight is 285 g/mol. The van der Waals surface area contributed by atoms with E-state index in [4.69, 9.17) is 16.1 Å². The number of aryl methyl sites for hydroxylation is 1. The zero-order chi connectivity index (χ0) is 13.1. The molecule has 0 unspecified atom stereocenters. The van der Waals surface area contributed by atoms with Crippen molar-refractivity contribution in [1.29, 1.82) is 0 Å². The van der Waals surface area contributed by atoms with Crippen LogP contribution in [0.2, 0.25) is 5.02 Å². The number of rotatable bonds is 4. The van der Waals surface area contributed by atoms with E-state index in [1.54, 1.807) is 19.1 Å². The molecular formula is C12H13ClN2O2S. The summed E-state index contributed by atoms with van der Waals surface area (Å²) in [6.45, 7) is 3.56. The summed E-state index contributed by atoms with van der Waals surface area (Å²) >= 11 is 5.80. The fraction of sp³-hybridized carbons (Fsp3) is 0.333. The number of nitrogens with zero attached hydrogens (tertiary/aromatic N) is 2. The molecule has 0 aliphatic heterocycles. The van der Waals surface area contributed by atoms with Crippen molar-refractivity contribution in [1.82, 2.24) is 10.1 Å². The summed E-state index contributed by atoms with van der Waals surface area (Å²) in [7, 11) is -1.10. The van der Waals surface area contributed by atoms with Gasteiger partial charge in [0.1, 0.15) is 5.25 Å². The minimum atomic E-state index is -1.10. The molecule has 1 aromatic heterocycles. The van der Waals surface area contributed by atoms with Gasteiger partial charge in [-0.05, 0) is 31.5 Å². The largest absolute Gasteiger partial charge is 0.338 e. The van der Waals surface area contributed by atoms with Gasteiger partial charge in [0.15, 0.2) is 5.82 Å². The molecule has 18 heavy (non-hydrogen) atoms. The molecule has 0 aliphatic rings. The van der Waals surface area contributed by atoms with Crippen LogP contribution in [0.1, 0.15) is 29.5 Å². The van der Waals surface area contributed by atoms with Gasteiger partial charge in [0.25, 0.3) is 0 Å². The van der Waals surface area contributed by atoms with Crippen LogP contribution in [0.25, 0.3) is 0 Å². The molecule has 6 heteroatoms. The van der Waals surface area contributed by atoms with Gasteiger partial charge < -0.3 is 4.52 Å². The van der Waals surface area contributed by atoms with Gasteiger partial charge in [-0.25, -0.2) is 0 Å². The summed E-state index contributed by atoms with van der Waals surface area (Å²) in [6, 6.07) is 7.31. The SMILES string of the molecule is Cc1noc([C@H](C)[S@](=O)Cc2ccc(Cl)cc2)n1. The van der Waals surface area contributed by atoms with Crippen LogP contribution in [0.3, 0.4) is 0 Å². The van der Waals surface area contributed by atoms with E-state index in [1.807, 2.05) is 19.1 Å². The standard InChI is InChI=1S/C12H13ClN2O2S/c1-8(12-14-9(2)15-17-12)18(16)7-10-3-5-11(13)6-4-10/h3-6,8H,7H2,1-2H3/t8-,18+/m0/s1. The molecule has 0 saturated carbocycles. The third-order valence-electron chi connectivity index (χ3n) is 2.51. The molecule has 2 atom stereocenters. The van der Waals surface area contributed by atoms with Crippen molar-refractivity contribution in [2.24, 2.45) is 0 Å². The lowest BCUT2D eigenvalue weighted by atomic mass is 10.2. The molecule has 0 N–H and O–H groups in total. The van der Waals surface area contributed by atoms with Gasteiger partial charge >= 0.3 is 0 Å². The highest BCUT2D eigenvalue weighted by molar-refractivity contribution is 7.84. The topological polar surface area (TPSA) is 56.0 Å². The van der Waals surface area contributed by atoms with Crippen molar-refractivity contribution >= 4 is 22.4 Å². The molecule has 0 bridgehead atoms. The number of benzene rings is 1. The molecule has 0 aliphatic carbocycles. The van der Waals surface area contributed by atoms with Crippen LogP contribution in [0, 0.1) is 6.92 Å². The number of aromatic nitrogens is 2. The maximum absolute atomic E-state index is 12.2. The quantitative estimate of drug-likeness (QED) is 0.866. The second kappa shape index (κ2) is 5.63. The molecule has 2 aromatic rings. The molecule has 4 nitrogen and oxygen atoms in total. The monoisotopic (exact) mass is 284 g/mol. The molecule has 1 aromatic carbocycles. The van der Waals surface area contributed by atoms with Crippen molar-refractivity contribution in [2.45, 2.75) is 24.9 Å². The summed E-state index contributed by atoms with van der Waals surface area (Å²) in [4.78, 5) is 4.10. The summed E-state index contributed by atoms with van der Waals surface area (Å²) in [5.41, 5.74) is 0.973. The molecule has 96 valence electrons. The third kappa shape index (κ3) is 3.17. The Labute approximate surface area is 113 Å². The first-order chi connectivity index (χ1) is 8.56. The van der Waals surface area contributed by atoms with Gasteiger partial charge in [0.05, 0.1) is 0 Å². The molecule has 0 fully saturated rings. The molecular weight excluding hydrogens is 272 g/mol. The minimum absolute atomic E-state index is 0.276. The highest BCUT2D eigenvalue weighted by Crippen LogP contribution is 2.21. The minimum Gasteiger partial charge on any atom is -0.338 e. The highest BCUT2D eigenvalue weighted by atomic mass is 35.5. The molecule has 0 radical (unpaired) electrons. The Balaban J connectivity index is 2.05. The lowest BCUT2D eigenvalue weighted by molar-refractivity contribution is 0.375. The van der Waals surface area contributed by atoms with E-state index in [0.717, 1.165) is 5.56 Å². The van der Waals surface area contributed by atoms with Gasteiger partial charge in [0.2, 0.25) is 5.89 Å². The fourth-order valence-electron chi connectivity index (χ4n) is 1.46. The number of halogens is 1. The van der Waals surface area contributed by atoms with E-state index in [-0.39, 0.29) is 5.25 Å². The summed E-state index contributed by atoms with van der Waals surface area (Å²) in [6.07, 6.45) is 0. The average Bonchev–Trinajstić information content (AvgIpc) is 2.78. The van der Waals surface area contributed by atoms with Crippen molar-refractivity contribution < 1.29 is 8.73 Å². The van der Waals surface area contributed by atoms with Gasteiger partial charge in [0, 0.05) is 21.6 Å². The van der Waals surface area contributed by atoms with Crippen LogP contribution in [0.5, 0.6) is 0 Å². The Kier molecular flexibility index (Phi) is 4.14. The van der Waals surface area contributed by atoms with Gasteiger partial charge in [-0.15, -0.1) is 0 Å². The maximum atomic E-state index is 12.2. The molecule has 0 spiro atoms. The van der Waals surface area contributed by atoms with E-state index in [1.165, 1.54) is 0 Å². The van der Waals surface area contributed by atoms with Gasteiger partial charge in [-0.1, -0.05) is 28.9 Å². The van der Waals surface area contributed by atoms with E-state index in [0.29, 0.717) is 22.5 Å². The van der Waals surface area contributed by atoms with E-state index >= 15 is 0 Å². The predicted octanol–water partition coefficient (Wildman–Crippen LogP) is 3.04. The van der Waals surface area contributed by atoms with Crippen LogP contribution in [-0.2, 0) is 16.6 Å². The smallest absolute Gasteiger partial charge is 0.242 e. The molecule has 2 rings (SSSR count). The van der Waals surface area contributed by atoms with Crippen molar-refractivity contribution in [3.05, 3.63) is 46.6 Å². The van der Waals surface area contributed by atoms with E-state index in [9.17, 15) is 4.21 Å². The lowest BCUT2D eigenvalue weighted by Crippen LogP contribution is -2.05. The zero-order valence-corrected chi connectivity index (χ0v) is 11.7.